The van der Waals surface area contributed by atoms with Crippen molar-refractivity contribution in [3.8, 4) is 0 Å². The molecule has 1 saturated heterocycles. The van der Waals surface area contributed by atoms with Crippen LogP contribution >= 0.6 is 24.8 Å². The van der Waals surface area contributed by atoms with Gasteiger partial charge in [-0.05, 0) is 31.5 Å². The molecule has 0 saturated carbocycles. The third kappa shape index (κ3) is 4.07. The van der Waals surface area contributed by atoms with Gasteiger partial charge in [0, 0.05) is 26.2 Å². The number of nitrogens with two attached hydrogens (primary N) is 1. The molecule has 0 radical (unpaired) electrons. The molecule has 0 unspecified atom stereocenters. The Balaban J connectivity index is 0.00000132. The first-order valence-corrected chi connectivity index (χ1v) is 7.21. The molecule has 1 aromatic carbocycles. The number of oxazole rings is 1. The van der Waals surface area contributed by atoms with E-state index >= 15 is 0 Å². The van der Waals surface area contributed by atoms with E-state index in [0.717, 1.165) is 16.7 Å². The predicted molar refractivity (Wildman–Crippen MR) is 95.7 cm³/mol. The summed E-state index contributed by atoms with van der Waals surface area (Å²) in [6.07, 6.45) is 0. The number of hydrogen-bond donors (Lipinski definition) is 1. The van der Waals surface area contributed by atoms with Crippen LogP contribution < -0.4 is 10.6 Å². The lowest BCUT2D eigenvalue weighted by atomic mass is 10.2. The SMILES string of the molecule is Cc1ccc2oc(N3CCN(C(=O)[C@@H](C)N)CC3)nc2c1.Cl.Cl. The van der Waals surface area contributed by atoms with Crippen molar-refractivity contribution in [1.82, 2.24) is 9.88 Å². The van der Waals surface area contributed by atoms with Gasteiger partial charge < -0.3 is 20.0 Å². The van der Waals surface area contributed by atoms with Gasteiger partial charge in [-0.1, -0.05) is 6.07 Å². The minimum absolute atomic E-state index is 0. The zero-order valence-corrected chi connectivity index (χ0v) is 14.8. The van der Waals surface area contributed by atoms with Gasteiger partial charge in [-0.2, -0.15) is 4.98 Å². The molecule has 1 aromatic heterocycles. The molecule has 0 aliphatic carbocycles. The molecule has 2 heterocycles. The van der Waals surface area contributed by atoms with Crippen molar-refractivity contribution in [1.29, 1.82) is 0 Å². The van der Waals surface area contributed by atoms with Crippen molar-refractivity contribution in [2.24, 2.45) is 5.73 Å². The number of carbonyl (C=O) groups is 1. The molecule has 1 amide bonds. The average molecular weight is 361 g/mol. The third-order valence-corrected chi connectivity index (χ3v) is 3.78. The average Bonchev–Trinajstić information content (AvgIpc) is 2.89. The van der Waals surface area contributed by atoms with Crippen molar-refractivity contribution in [2.75, 3.05) is 31.1 Å². The number of amides is 1. The number of carbonyl (C=O) groups excluding carboxylic acids is 1. The Morgan fingerprint density at radius 1 is 1.26 bits per heavy atom. The summed E-state index contributed by atoms with van der Waals surface area (Å²) >= 11 is 0. The van der Waals surface area contributed by atoms with E-state index in [0.29, 0.717) is 32.2 Å². The van der Waals surface area contributed by atoms with Gasteiger partial charge in [-0.25, -0.2) is 0 Å². The second kappa shape index (κ2) is 7.86. The fourth-order valence-corrected chi connectivity index (χ4v) is 2.57. The lowest BCUT2D eigenvalue weighted by Crippen LogP contribution is -2.52. The van der Waals surface area contributed by atoms with Gasteiger partial charge in [-0.3, -0.25) is 4.79 Å². The number of halogens is 2. The van der Waals surface area contributed by atoms with Crippen LogP contribution in [0.1, 0.15) is 12.5 Å². The molecule has 1 atom stereocenters. The second-order valence-corrected chi connectivity index (χ2v) is 5.57. The van der Waals surface area contributed by atoms with Gasteiger partial charge in [0.05, 0.1) is 6.04 Å². The normalized spacial score (nSPS) is 15.8. The zero-order valence-electron chi connectivity index (χ0n) is 13.2. The number of aromatic nitrogens is 1. The van der Waals surface area contributed by atoms with Crippen LogP contribution in [0.15, 0.2) is 22.6 Å². The van der Waals surface area contributed by atoms with Crippen molar-refractivity contribution in [3.63, 3.8) is 0 Å². The van der Waals surface area contributed by atoms with E-state index < -0.39 is 6.04 Å². The summed E-state index contributed by atoms with van der Waals surface area (Å²) in [6.45, 7) is 6.48. The highest BCUT2D eigenvalue weighted by atomic mass is 35.5. The van der Waals surface area contributed by atoms with Gasteiger partial charge >= 0.3 is 0 Å². The Bertz CT molecular complexity index is 667. The number of aryl methyl sites for hydroxylation is 1. The van der Waals surface area contributed by atoms with Gasteiger partial charge in [0.1, 0.15) is 5.52 Å². The molecule has 0 spiro atoms. The van der Waals surface area contributed by atoms with Gasteiger partial charge in [-0.15, -0.1) is 24.8 Å². The minimum Gasteiger partial charge on any atom is -0.423 e. The number of fused-ring (bicyclic) bond motifs is 1. The Morgan fingerprint density at radius 2 is 1.91 bits per heavy atom. The molecule has 1 aliphatic rings. The molecule has 23 heavy (non-hydrogen) atoms. The Kier molecular flexibility index (Phi) is 6.68. The number of hydrogen-bond acceptors (Lipinski definition) is 5. The van der Waals surface area contributed by atoms with Crippen LogP contribution in [0, 0.1) is 6.92 Å². The number of piperazine rings is 1. The highest BCUT2D eigenvalue weighted by Crippen LogP contribution is 2.23. The van der Waals surface area contributed by atoms with Crippen molar-refractivity contribution >= 4 is 47.8 Å². The lowest BCUT2D eigenvalue weighted by Gasteiger charge is -2.34. The number of nitrogens with zero attached hydrogens (tertiary/aromatic N) is 3. The van der Waals surface area contributed by atoms with Crippen LogP contribution in [0.4, 0.5) is 6.01 Å². The van der Waals surface area contributed by atoms with E-state index in [9.17, 15) is 4.79 Å². The van der Waals surface area contributed by atoms with Crippen LogP contribution in [-0.2, 0) is 4.79 Å². The van der Waals surface area contributed by atoms with Crippen LogP contribution in [0.2, 0.25) is 0 Å². The van der Waals surface area contributed by atoms with Crippen molar-refractivity contribution in [2.45, 2.75) is 19.9 Å². The van der Waals surface area contributed by atoms with Crippen LogP contribution in [0.25, 0.3) is 11.1 Å². The summed E-state index contributed by atoms with van der Waals surface area (Å²) in [7, 11) is 0. The molecule has 2 aromatic rings. The monoisotopic (exact) mass is 360 g/mol. The Morgan fingerprint density at radius 3 is 2.52 bits per heavy atom. The minimum atomic E-state index is -0.441. The van der Waals surface area contributed by atoms with Crippen molar-refractivity contribution in [3.05, 3.63) is 23.8 Å². The maximum Gasteiger partial charge on any atom is 0.298 e. The molecular weight excluding hydrogens is 339 g/mol. The summed E-state index contributed by atoms with van der Waals surface area (Å²) < 4.78 is 5.79. The molecule has 1 fully saturated rings. The summed E-state index contributed by atoms with van der Waals surface area (Å²) in [6, 6.07) is 6.15. The van der Waals surface area contributed by atoms with Gasteiger partial charge in [0.15, 0.2) is 5.58 Å². The van der Waals surface area contributed by atoms with Gasteiger partial charge in [0.2, 0.25) is 5.91 Å². The maximum absolute atomic E-state index is 11.9. The van der Waals surface area contributed by atoms with E-state index in [-0.39, 0.29) is 30.7 Å². The smallest absolute Gasteiger partial charge is 0.298 e. The van der Waals surface area contributed by atoms with E-state index in [1.165, 1.54) is 0 Å². The first-order chi connectivity index (χ1) is 10.0. The van der Waals surface area contributed by atoms with Crippen LogP contribution in [-0.4, -0.2) is 48.0 Å². The van der Waals surface area contributed by atoms with Gasteiger partial charge in [0.25, 0.3) is 6.01 Å². The molecule has 3 rings (SSSR count). The first-order valence-electron chi connectivity index (χ1n) is 7.21. The van der Waals surface area contributed by atoms with Crippen molar-refractivity contribution < 1.29 is 9.21 Å². The first kappa shape index (κ1) is 19.5. The molecule has 128 valence electrons. The molecule has 6 nitrogen and oxygen atoms in total. The highest BCUT2D eigenvalue weighted by molar-refractivity contribution is 5.85. The topological polar surface area (TPSA) is 75.6 Å². The summed E-state index contributed by atoms with van der Waals surface area (Å²) in [5.74, 6) is 0.00263. The summed E-state index contributed by atoms with van der Waals surface area (Å²) in [4.78, 5) is 20.3. The largest absolute Gasteiger partial charge is 0.423 e. The molecular formula is C15H22Cl2N4O2. The Hall–Kier alpha value is -1.50. The van der Waals surface area contributed by atoms with E-state index in [1.54, 1.807) is 11.8 Å². The molecule has 0 bridgehead atoms. The molecule has 1 aliphatic heterocycles. The van der Waals surface area contributed by atoms with E-state index in [4.69, 9.17) is 10.2 Å². The lowest BCUT2D eigenvalue weighted by molar-refractivity contribution is -0.132. The van der Waals surface area contributed by atoms with Crippen LogP contribution in [0.3, 0.4) is 0 Å². The number of rotatable bonds is 2. The Labute approximate surface area is 147 Å². The van der Waals surface area contributed by atoms with E-state index in [2.05, 4.69) is 9.88 Å². The standard InChI is InChI=1S/C15H20N4O2.2ClH/c1-10-3-4-13-12(9-10)17-15(21-13)19-7-5-18(6-8-19)14(20)11(2)16;;/h3-4,9,11H,5-8,16H2,1-2H3;2*1H/t11-;;/m1../s1. The fourth-order valence-electron chi connectivity index (χ4n) is 2.57. The molecule has 8 heteroatoms. The zero-order chi connectivity index (χ0) is 15.0. The maximum atomic E-state index is 11.9. The fraction of sp³-hybridized carbons (Fsp3) is 0.467. The second-order valence-electron chi connectivity index (χ2n) is 5.57. The van der Waals surface area contributed by atoms with Crippen LogP contribution in [0.5, 0.6) is 0 Å². The quantitative estimate of drug-likeness (QED) is 0.885. The third-order valence-electron chi connectivity index (χ3n) is 3.78. The number of anilines is 1. The van der Waals surface area contributed by atoms with E-state index in [1.807, 2.05) is 25.1 Å². The summed E-state index contributed by atoms with van der Waals surface area (Å²) in [5.41, 5.74) is 8.47. The molecule has 2 N–H and O–H groups in total. The highest BCUT2D eigenvalue weighted by Gasteiger charge is 2.25. The predicted octanol–water partition coefficient (Wildman–Crippen LogP) is 1.98. The summed E-state index contributed by atoms with van der Waals surface area (Å²) in [5, 5.41) is 0. The number of benzene rings is 1.